The third-order valence-corrected chi connectivity index (χ3v) is 5.48. The molecule has 1 saturated heterocycles. The maximum atomic E-state index is 13.2. The van der Waals surface area contributed by atoms with Gasteiger partial charge in [-0.25, -0.2) is 0 Å². The Bertz CT molecular complexity index is 1320. The summed E-state index contributed by atoms with van der Waals surface area (Å²) in [5, 5.41) is 11.3. The maximum Gasteiger partial charge on any atom is 0.573 e. The lowest BCUT2D eigenvalue weighted by Crippen LogP contribution is -2.29. The van der Waals surface area contributed by atoms with Crippen LogP contribution in [0.2, 0.25) is 0 Å². The van der Waals surface area contributed by atoms with E-state index in [4.69, 9.17) is 9.47 Å². The van der Waals surface area contributed by atoms with Gasteiger partial charge in [-0.05, 0) is 60.2 Å². The number of hydrogen-bond acceptors (Lipinski definition) is 7. The molecule has 0 spiro atoms. The molecule has 0 aliphatic carbocycles. The van der Waals surface area contributed by atoms with Gasteiger partial charge in [0.05, 0.1) is 31.4 Å². The summed E-state index contributed by atoms with van der Waals surface area (Å²) in [6.07, 6.45) is -2.00. The van der Waals surface area contributed by atoms with Crippen LogP contribution in [-0.2, 0) is 9.59 Å². The minimum atomic E-state index is -4.89. The molecule has 1 aliphatic rings. The van der Waals surface area contributed by atoms with Gasteiger partial charge >= 0.3 is 6.36 Å². The van der Waals surface area contributed by atoms with Gasteiger partial charge in [0.1, 0.15) is 23.0 Å². The number of anilines is 1. The third kappa shape index (κ3) is 4.67. The number of hydrogen-bond donors (Lipinski definition) is 1. The van der Waals surface area contributed by atoms with E-state index in [0.29, 0.717) is 11.3 Å². The van der Waals surface area contributed by atoms with Gasteiger partial charge in [-0.1, -0.05) is 0 Å². The van der Waals surface area contributed by atoms with E-state index in [0.717, 1.165) is 17.0 Å². The van der Waals surface area contributed by atoms with Crippen molar-refractivity contribution >= 4 is 23.1 Å². The molecule has 2 aromatic carbocycles. The summed E-state index contributed by atoms with van der Waals surface area (Å²) in [6, 6.07) is 11.1. The number of Topliss-reactive ketones (excluding diaryl/α,β-unsaturated/α-hetero) is 1. The largest absolute Gasteiger partial charge is 0.573 e. The van der Waals surface area contributed by atoms with E-state index in [-0.39, 0.29) is 22.6 Å². The van der Waals surface area contributed by atoms with Crippen LogP contribution in [0, 0.1) is 0 Å². The van der Waals surface area contributed by atoms with Crippen molar-refractivity contribution in [2.75, 3.05) is 19.1 Å². The molecule has 3 aromatic rings. The first-order chi connectivity index (χ1) is 17.1. The summed E-state index contributed by atoms with van der Waals surface area (Å²) >= 11 is 0. The van der Waals surface area contributed by atoms with Crippen molar-refractivity contribution in [1.29, 1.82) is 0 Å². The van der Waals surface area contributed by atoms with Crippen molar-refractivity contribution in [1.82, 2.24) is 4.98 Å². The third-order valence-electron chi connectivity index (χ3n) is 5.48. The predicted molar refractivity (Wildman–Crippen MR) is 122 cm³/mol. The zero-order chi connectivity index (χ0) is 26.0. The molecular weight excluding hydrogens is 481 g/mol. The molecule has 1 N–H and O–H groups in total. The molecule has 2 heterocycles. The summed E-state index contributed by atoms with van der Waals surface area (Å²) in [5.74, 6) is -2.39. The highest BCUT2D eigenvalue weighted by Gasteiger charge is 2.47. The van der Waals surface area contributed by atoms with Crippen molar-refractivity contribution in [2.24, 2.45) is 0 Å². The highest BCUT2D eigenvalue weighted by molar-refractivity contribution is 6.51. The molecule has 1 amide bonds. The second-order valence-electron chi connectivity index (χ2n) is 7.56. The first kappa shape index (κ1) is 24.6. The number of pyridine rings is 1. The summed E-state index contributed by atoms with van der Waals surface area (Å²) in [5.41, 5.74) is 0.421. The fraction of sp³-hybridized carbons (Fsp3) is 0.160. The number of carbonyl (C=O) groups is 2. The van der Waals surface area contributed by atoms with Gasteiger partial charge in [0.25, 0.3) is 11.7 Å². The first-order valence-electron chi connectivity index (χ1n) is 10.4. The zero-order valence-corrected chi connectivity index (χ0v) is 18.9. The van der Waals surface area contributed by atoms with Crippen LogP contribution in [0.25, 0.3) is 5.76 Å². The average molecular weight is 500 g/mol. The Labute approximate surface area is 203 Å². The minimum Gasteiger partial charge on any atom is -0.507 e. The van der Waals surface area contributed by atoms with Gasteiger partial charge in [0.15, 0.2) is 0 Å². The van der Waals surface area contributed by atoms with E-state index in [9.17, 15) is 27.9 Å². The Morgan fingerprint density at radius 3 is 2.17 bits per heavy atom. The Balaban J connectivity index is 1.88. The number of aliphatic hydroxyl groups excluding tert-OH is 1. The molecule has 8 nitrogen and oxygen atoms in total. The van der Waals surface area contributed by atoms with E-state index in [1.165, 1.54) is 50.9 Å². The molecule has 1 atom stereocenters. The topological polar surface area (TPSA) is 98.2 Å². The normalized spacial score (nSPS) is 17.2. The number of halogens is 3. The number of amides is 1. The fourth-order valence-corrected chi connectivity index (χ4v) is 3.91. The van der Waals surface area contributed by atoms with Gasteiger partial charge in [-0.2, -0.15) is 0 Å². The van der Waals surface area contributed by atoms with Gasteiger partial charge < -0.3 is 19.3 Å². The van der Waals surface area contributed by atoms with Crippen LogP contribution in [-0.4, -0.2) is 42.4 Å². The van der Waals surface area contributed by atoms with E-state index < -0.39 is 35.6 Å². The van der Waals surface area contributed by atoms with Gasteiger partial charge in [0, 0.05) is 18.1 Å². The van der Waals surface area contributed by atoms with Gasteiger partial charge in [0.2, 0.25) is 0 Å². The number of ether oxygens (including phenoxy) is 3. The molecule has 186 valence electrons. The molecule has 1 unspecified atom stereocenters. The van der Waals surface area contributed by atoms with Crippen molar-refractivity contribution < 1.29 is 42.1 Å². The molecule has 0 bridgehead atoms. The van der Waals surface area contributed by atoms with Crippen molar-refractivity contribution in [3.63, 3.8) is 0 Å². The molecule has 4 rings (SSSR count). The smallest absolute Gasteiger partial charge is 0.507 e. The van der Waals surface area contributed by atoms with Gasteiger partial charge in [-0.15, -0.1) is 13.2 Å². The number of aliphatic hydroxyl groups is 1. The van der Waals surface area contributed by atoms with Crippen molar-refractivity contribution in [3.05, 3.63) is 83.7 Å². The maximum absolute atomic E-state index is 13.2. The van der Waals surface area contributed by atoms with Crippen LogP contribution in [0.4, 0.5) is 18.9 Å². The average Bonchev–Trinajstić information content (AvgIpc) is 3.13. The summed E-state index contributed by atoms with van der Waals surface area (Å²) in [4.78, 5) is 31.4. The van der Waals surface area contributed by atoms with Crippen LogP contribution in [0.3, 0.4) is 0 Å². The second kappa shape index (κ2) is 9.61. The van der Waals surface area contributed by atoms with Crippen LogP contribution in [0.15, 0.2) is 72.6 Å². The standard InChI is InChI=1S/C25H19F3N2O6/c1-34-17-7-8-19(35-2)18(13-17)22(31)20-21(14-9-11-29-12-10-14)30(24(33)23(20)32)15-3-5-16(6-4-15)36-25(26,27)28/h3-13,21,31H,1-2H3/b22-20+. The highest BCUT2D eigenvalue weighted by atomic mass is 19.4. The predicted octanol–water partition coefficient (Wildman–Crippen LogP) is 4.62. The van der Waals surface area contributed by atoms with Crippen LogP contribution in [0.5, 0.6) is 17.2 Å². The summed E-state index contributed by atoms with van der Waals surface area (Å²) in [7, 11) is 2.80. The first-order valence-corrected chi connectivity index (χ1v) is 10.4. The lowest BCUT2D eigenvalue weighted by Gasteiger charge is -2.25. The Morgan fingerprint density at radius 1 is 0.944 bits per heavy atom. The van der Waals surface area contributed by atoms with E-state index in [1.54, 1.807) is 18.2 Å². The fourth-order valence-electron chi connectivity index (χ4n) is 3.91. The SMILES string of the molecule is COc1ccc(OC)c(/C(O)=C2\C(=O)C(=O)N(c3ccc(OC(F)(F)F)cc3)C2c2ccncc2)c1. The molecule has 1 aromatic heterocycles. The number of aromatic nitrogens is 1. The number of ketones is 1. The molecule has 1 fully saturated rings. The molecule has 1 aliphatic heterocycles. The van der Waals surface area contributed by atoms with E-state index in [2.05, 4.69) is 9.72 Å². The minimum absolute atomic E-state index is 0.114. The molecule has 0 radical (unpaired) electrons. The summed E-state index contributed by atoms with van der Waals surface area (Å²) < 4.78 is 52.1. The molecule has 11 heteroatoms. The van der Waals surface area contributed by atoms with E-state index in [1.807, 2.05) is 0 Å². The number of rotatable bonds is 6. The number of carbonyl (C=O) groups excluding carboxylic acids is 2. The Morgan fingerprint density at radius 2 is 1.58 bits per heavy atom. The molecule has 0 saturated carbocycles. The quantitative estimate of drug-likeness (QED) is 0.300. The lowest BCUT2D eigenvalue weighted by molar-refractivity contribution is -0.274. The Hall–Kier alpha value is -4.54. The number of nitrogens with zero attached hydrogens (tertiary/aromatic N) is 2. The lowest BCUT2D eigenvalue weighted by atomic mass is 9.95. The van der Waals surface area contributed by atoms with Gasteiger partial charge in [-0.3, -0.25) is 19.5 Å². The summed E-state index contributed by atoms with van der Waals surface area (Å²) in [6.45, 7) is 0. The van der Waals surface area contributed by atoms with Crippen molar-refractivity contribution in [2.45, 2.75) is 12.4 Å². The number of benzene rings is 2. The van der Waals surface area contributed by atoms with Crippen LogP contribution >= 0.6 is 0 Å². The monoisotopic (exact) mass is 500 g/mol. The van der Waals surface area contributed by atoms with Crippen LogP contribution < -0.4 is 19.1 Å². The van der Waals surface area contributed by atoms with Crippen LogP contribution in [0.1, 0.15) is 17.2 Å². The number of methoxy groups -OCH3 is 2. The second-order valence-corrected chi connectivity index (χ2v) is 7.56. The van der Waals surface area contributed by atoms with Crippen molar-refractivity contribution in [3.8, 4) is 17.2 Å². The highest BCUT2D eigenvalue weighted by Crippen LogP contribution is 2.44. The Kier molecular flexibility index (Phi) is 6.56. The zero-order valence-electron chi connectivity index (χ0n) is 18.9. The van der Waals surface area contributed by atoms with E-state index >= 15 is 0 Å². The molecular formula is C25H19F3N2O6. The number of alkyl halides is 3. The molecule has 36 heavy (non-hydrogen) atoms.